The molecule has 0 spiro atoms. The van der Waals surface area contributed by atoms with E-state index >= 15 is 0 Å². The molecule has 1 N–H and O–H groups in total. The summed E-state index contributed by atoms with van der Waals surface area (Å²) in [5.74, 6) is 0.187. The number of methoxy groups -OCH3 is 1. The van der Waals surface area contributed by atoms with Crippen LogP contribution in [-0.2, 0) is 16.6 Å². The highest BCUT2D eigenvalue weighted by Gasteiger charge is 2.08. The van der Waals surface area contributed by atoms with Crippen molar-refractivity contribution in [3.8, 4) is 11.8 Å². The fourth-order valence-electron chi connectivity index (χ4n) is 1.07. The number of rotatable bonds is 5. The maximum atomic E-state index is 11.2. The first-order valence-electron chi connectivity index (χ1n) is 4.54. The Morgan fingerprint density at radius 2 is 2.00 bits per heavy atom. The summed E-state index contributed by atoms with van der Waals surface area (Å²) >= 11 is 0. The quantitative estimate of drug-likeness (QED) is 0.819. The van der Waals surface area contributed by atoms with Gasteiger partial charge in [0.25, 0.3) is 0 Å². The fourth-order valence-corrected chi connectivity index (χ4v) is 1.73. The molecule has 0 fully saturated rings. The molecule has 86 valence electrons. The highest BCUT2D eigenvalue weighted by molar-refractivity contribution is 7.89. The monoisotopic (exact) mass is 240 g/mol. The SMILES string of the molecule is COc1ccc(CNS(=O)(=O)CC#N)cc1. The van der Waals surface area contributed by atoms with E-state index in [0.717, 1.165) is 5.56 Å². The van der Waals surface area contributed by atoms with Crippen molar-refractivity contribution < 1.29 is 13.2 Å². The highest BCUT2D eigenvalue weighted by Crippen LogP contribution is 2.11. The second kappa shape index (κ2) is 5.49. The van der Waals surface area contributed by atoms with E-state index in [-0.39, 0.29) is 6.54 Å². The molecule has 1 aromatic rings. The van der Waals surface area contributed by atoms with Crippen molar-refractivity contribution in [2.75, 3.05) is 12.9 Å². The van der Waals surface area contributed by atoms with Crippen molar-refractivity contribution in [1.82, 2.24) is 4.72 Å². The van der Waals surface area contributed by atoms with Crippen molar-refractivity contribution in [2.24, 2.45) is 0 Å². The van der Waals surface area contributed by atoms with Crippen molar-refractivity contribution >= 4 is 10.0 Å². The summed E-state index contributed by atoms with van der Waals surface area (Å²) in [5, 5.41) is 8.28. The summed E-state index contributed by atoms with van der Waals surface area (Å²) in [6.07, 6.45) is 0. The predicted octanol–water partition coefficient (Wildman–Crippen LogP) is 0.638. The molecule has 0 atom stereocenters. The summed E-state index contributed by atoms with van der Waals surface area (Å²) in [4.78, 5) is 0. The molecule has 6 heteroatoms. The molecule has 1 rings (SSSR count). The van der Waals surface area contributed by atoms with Gasteiger partial charge in [0.1, 0.15) is 5.75 Å². The van der Waals surface area contributed by atoms with Crippen LogP contribution in [0.4, 0.5) is 0 Å². The van der Waals surface area contributed by atoms with Crippen molar-refractivity contribution in [3.05, 3.63) is 29.8 Å². The lowest BCUT2D eigenvalue weighted by Gasteiger charge is -2.04. The summed E-state index contributed by atoms with van der Waals surface area (Å²) in [7, 11) is -1.93. The number of sulfonamides is 1. The Labute approximate surface area is 94.7 Å². The maximum absolute atomic E-state index is 11.2. The van der Waals surface area contributed by atoms with Gasteiger partial charge in [0, 0.05) is 6.54 Å². The molecule has 16 heavy (non-hydrogen) atoms. The van der Waals surface area contributed by atoms with Crippen LogP contribution in [0.15, 0.2) is 24.3 Å². The Morgan fingerprint density at radius 1 is 1.38 bits per heavy atom. The third kappa shape index (κ3) is 3.88. The largest absolute Gasteiger partial charge is 0.497 e. The normalized spacial score (nSPS) is 10.8. The fraction of sp³-hybridized carbons (Fsp3) is 0.300. The summed E-state index contributed by atoms with van der Waals surface area (Å²) in [5.41, 5.74) is 0.808. The standard InChI is InChI=1S/C10H12N2O3S/c1-15-10-4-2-9(3-5-10)8-12-16(13,14)7-6-11/h2-5,12H,7-8H2,1H3. The third-order valence-corrected chi connectivity index (χ3v) is 3.00. The van der Waals surface area contributed by atoms with Crippen LogP contribution in [0.3, 0.4) is 0 Å². The summed E-state index contributed by atoms with van der Waals surface area (Å²) in [6, 6.07) is 8.60. The summed E-state index contributed by atoms with van der Waals surface area (Å²) < 4.78 is 29.6. The molecule has 0 aliphatic heterocycles. The zero-order chi connectivity index (χ0) is 12.0. The number of benzene rings is 1. The van der Waals surface area contributed by atoms with Gasteiger partial charge in [0.05, 0.1) is 13.2 Å². The highest BCUT2D eigenvalue weighted by atomic mass is 32.2. The number of nitrogens with one attached hydrogen (secondary N) is 1. The van der Waals surface area contributed by atoms with E-state index in [1.165, 1.54) is 0 Å². The van der Waals surface area contributed by atoms with Gasteiger partial charge in [-0.05, 0) is 17.7 Å². The van der Waals surface area contributed by atoms with Crippen LogP contribution in [-0.4, -0.2) is 21.3 Å². The van der Waals surface area contributed by atoms with Gasteiger partial charge in [-0.15, -0.1) is 0 Å². The maximum Gasteiger partial charge on any atom is 0.225 e. The van der Waals surface area contributed by atoms with Crippen LogP contribution < -0.4 is 9.46 Å². The van der Waals surface area contributed by atoms with Crippen LogP contribution in [0.25, 0.3) is 0 Å². The Bertz CT molecular complexity index is 474. The minimum absolute atomic E-state index is 0.175. The molecule has 5 nitrogen and oxygen atoms in total. The molecule has 0 saturated carbocycles. The Hall–Kier alpha value is -1.58. The molecule has 0 heterocycles. The van der Waals surface area contributed by atoms with Crippen LogP contribution >= 0.6 is 0 Å². The number of ether oxygens (including phenoxy) is 1. The van der Waals surface area contributed by atoms with Crippen LogP contribution in [0.2, 0.25) is 0 Å². The molecular weight excluding hydrogens is 228 g/mol. The van der Waals surface area contributed by atoms with Gasteiger partial charge in [0.15, 0.2) is 5.75 Å². The van der Waals surface area contributed by atoms with Gasteiger partial charge in [-0.25, -0.2) is 13.1 Å². The first-order valence-corrected chi connectivity index (χ1v) is 6.20. The second-order valence-electron chi connectivity index (χ2n) is 3.09. The van der Waals surface area contributed by atoms with E-state index in [2.05, 4.69) is 4.72 Å². The molecule has 0 aliphatic carbocycles. The predicted molar refractivity (Wildman–Crippen MR) is 59.2 cm³/mol. The van der Waals surface area contributed by atoms with Crippen molar-refractivity contribution in [2.45, 2.75) is 6.54 Å². The van der Waals surface area contributed by atoms with Gasteiger partial charge in [-0.3, -0.25) is 0 Å². The Kier molecular flexibility index (Phi) is 4.28. The topological polar surface area (TPSA) is 79.2 Å². The van der Waals surface area contributed by atoms with Crippen LogP contribution in [0.1, 0.15) is 5.56 Å². The Morgan fingerprint density at radius 3 is 2.50 bits per heavy atom. The smallest absolute Gasteiger partial charge is 0.225 e. The molecule has 0 bridgehead atoms. The summed E-state index contributed by atoms with van der Waals surface area (Å²) in [6.45, 7) is 0.175. The molecule has 0 radical (unpaired) electrons. The zero-order valence-electron chi connectivity index (χ0n) is 8.80. The minimum atomic E-state index is -3.49. The molecule has 0 amide bonds. The lowest BCUT2D eigenvalue weighted by Crippen LogP contribution is -2.25. The average Bonchev–Trinajstić information content (AvgIpc) is 2.27. The van der Waals surface area contributed by atoms with E-state index in [1.54, 1.807) is 37.4 Å². The van der Waals surface area contributed by atoms with Crippen LogP contribution in [0.5, 0.6) is 5.75 Å². The third-order valence-electron chi connectivity index (χ3n) is 1.91. The first kappa shape index (κ1) is 12.5. The van der Waals surface area contributed by atoms with Gasteiger partial charge >= 0.3 is 0 Å². The van der Waals surface area contributed by atoms with E-state index in [1.807, 2.05) is 0 Å². The number of hydrogen-bond acceptors (Lipinski definition) is 4. The second-order valence-corrected chi connectivity index (χ2v) is 4.89. The lowest BCUT2D eigenvalue weighted by atomic mass is 10.2. The van der Waals surface area contributed by atoms with Gasteiger partial charge in [-0.1, -0.05) is 12.1 Å². The number of hydrogen-bond donors (Lipinski definition) is 1. The first-order chi connectivity index (χ1) is 7.57. The average molecular weight is 240 g/mol. The Balaban J connectivity index is 2.59. The number of nitriles is 1. The molecule has 0 unspecified atom stereocenters. The molecule has 0 aromatic heterocycles. The van der Waals surface area contributed by atoms with Gasteiger partial charge in [0.2, 0.25) is 10.0 Å². The van der Waals surface area contributed by atoms with Gasteiger partial charge < -0.3 is 4.74 Å². The number of nitrogens with zero attached hydrogens (tertiary/aromatic N) is 1. The van der Waals surface area contributed by atoms with Crippen molar-refractivity contribution in [1.29, 1.82) is 5.26 Å². The minimum Gasteiger partial charge on any atom is -0.497 e. The lowest BCUT2D eigenvalue weighted by molar-refractivity contribution is 0.414. The molecule has 0 saturated heterocycles. The van der Waals surface area contributed by atoms with Crippen molar-refractivity contribution in [3.63, 3.8) is 0 Å². The molecule has 1 aromatic carbocycles. The van der Waals surface area contributed by atoms with E-state index in [4.69, 9.17) is 10.00 Å². The zero-order valence-corrected chi connectivity index (χ0v) is 9.62. The van der Waals surface area contributed by atoms with E-state index in [9.17, 15) is 8.42 Å². The van der Waals surface area contributed by atoms with E-state index in [0.29, 0.717) is 5.75 Å². The van der Waals surface area contributed by atoms with Crippen LogP contribution in [0, 0.1) is 11.3 Å². The molecular formula is C10H12N2O3S. The molecule has 0 aliphatic rings. The van der Waals surface area contributed by atoms with E-state index < -0.39 is 15.8 Å². The van der Waals surface area contributed by atoms with Gasteiger partial charge in [-0.2, -0.15) is 5.26 Å².